The van der Waals surface area contributed by atoms with E-state index in [2.05, 4.69) is 32.9 Å². The lowest BCUT2D eigenvalue weighted by Crippen LogP contribution is -2.43. The van der Waals surface area contributed by atoms with Crippen LogP contribution in [0, 0.1) is 13.8 Å². The van der Waals surface area contributed by atoms with Gasteiger partial charge in [-0.15, -0.1) is 0 Å². The predicted octanol–water partition coefficient (Wildman–Crippen LogP) is 6.08. The number of quaternary nitrogens is 1. The zero-order valence-corrected chi connectivity index (χ0v) is 21.7. The Kier molecular flexibility index (Phi) is 13.1. The lowest BCUT2D eigenvalue weighted by Gasteiger charge is -2.28. The van der Waals surface area contributed by atoms with Crippen LogP contribution in [0.2, 0.25) is 0 Å². The maximum Gasteiger partial charge on any atom is 0.307 e. The minimum absolute atomic E-state index is 0.144. The second kappa shape index (κ2) is 14.9. The number of esters is 1. The lowest BCUT2D eigenvalue weighted by atomic mass is 10.1. The minimum Gasteiger partial charge on any atom is -0.481 e. The molecule has 0 bridgehead atoms. The Hall–Kier alpha value is -2.08. The maximum absolute atomic E-state index is 12.1. The number of hydrogen-bond donors (Lipinski definition) is 1. The zero-order valence-electron chi connectivity index (χ0n) is 21.7. The number of allylic oxidation sites excluding steroid dienone is 1. The van der Waals surface area contributed by atoms with E-state index in [0.29, 0.717) is 17.4 Å². The number of likely N-dealkylation sites (N-methyl/N-ethyl adjacent to an activating group) is 1. The molecule has 0 saturated carbocycles. The van der Waals surface area contributed by atoms with E-state index in [0.717, 1.165) is 62.9 Å². The molecule has 0 saturated heterocycles. The van der Waals surface area contributed by atoms with Gasteiger partial charge in [0.1, 0.15) is 18.1 Å². The fourth-order valence-electron chi connectivity index (χ4n) is 3.93. The molecule has 1 atom stereocenters. The SMILES string of the molecule is CCCc1oc(/C=C/CCCCCCCCC(=O)OC(CC(=O)O)C[N+](C)(C)C)c(C)c1C. The Morgan fingerprint density at radius 1 is 1.03 bits per heavy atom. The first-order valence-electron chi connectivity index (χ1n) is 12.5. The van der Waals surface area contributed by atoms with Gasteiger partial charge in [0.2, 0.25) is 0 Å². The summed E-state index contributed by atoms with van der Waals surface area (Å²) in [6.45, 7) is 6.93. The molecule has 6 nitrogen and oxygen atoms in total. The summed E-state index contributed by atoms with van der Waals surface area (Å²) in [5, 5.41) is 9.04. The van der Waals surface area contributed by atoms with E-state index in [1.807, 2.05) is 21.1 Å². The van der Waals surface area contributed by atoms with Gasteiger partial charge in [0.25, 0.3) is 0 Å². The monoisotopic (exact) mass is 464 g/mol. The first-order chi connectivity index (χ1) is 15.5. The molecule has 33 heavy (non-hydrogen) atoms. The van der Waals surface area contributed by atoms with Crippen LogP contribution in [0.15, 0.2) is 10.5 Å². The molecule has 0 amide bonds. The number of carbonyl (C=O) groups is 2. The number of rotatable bonds is 17. The number of furan rings is 1. The average Bonchev–Trinajstić information content (AvgIpc) is 2.96. The van der Waals surface area contributed by atoms with E-state index in [1.165, 1.54) is 17.5 Å². The van der Waals surface area contributed by atoms with Gasteiger partial charge in [0.05, 0.1) is 27.6 Å². The third-order valence-electron chi connectivity index (χ3n) is 5.78. The molecular weight excluding hydrogens is 418 g/mol. The van der Waals surface area contributed by atoms with Crippen molar-refractivity contribution in [1.82, 2.24) is 0 Å². The first-order valence-corrected chi connectivity index (χ1v) is 12.5. The smallest absolute Gasteiger partial charge is 0.307 e. The largest absolute Gasteiger partial charge is 0.481 e. The first kappa shape index (κ1) is 29.0. The zero-order chi connectivity index (χ0) is 24.9. The fourth-order valence-corrected chi connectivity index (χ4v) is 3.93. The van der Waals surface area contributed by atoms with Crippen LogP contribution in [0.3, 0.4) is 0 Å². The van der Waals surface area contributed by atoms with Gasteiger partial charge in [-0.1, -0.05) is 38.7 Å². The van der Waals surface area contributed by atoms with E-state index in [4.69, 9.17) is 14.3 Å². The molecule has 0 aliphatic carbocycles. The number of aryl methyl sites for hydroxylation is 1. The Morgan fingerprint density at radius 2 is 1.67 bits per heavy atom. The van der Waals surface area contributed by atoms with Crippen molar-refractivity contribution in [2.24, 2.45) is 0 Å². The third-order valence-corrected chi connectivity index (χ3v) is 5.78. The van der Waals surface area contributed by atoms with Crippen molar-refractivity contribution in [2.75, 3.05) is 27.7 Å². The van der Waals surface area contributed by atoms with Gasteiger partial charge >= 0.3 is 11.9 Å². The van der Waals surface area contributed by atoms with E-state index >= 15 is 0 Å². The van der Waals surface area contributed by atoms with E-state index in [9.17, 15) is 9.59 Å². The number of aliphatic carboxylic acids is 1. The van der Waals surface area contributed by atoms with Gasteiger partial charge in [-0.2, -0.15) is 0 Å². The summed E-state index contributed by atoms with van der Waals surface area (Å²) in [5.41, 5.74) is 2.53. The number of carbonyl (C=O) groups excluding carboxylic acids is 1. The van der Waals surface area contributed by atoms with Crippen molar-refractivity contribution in [2.45, 2.75) is 97.5 Å². The van der Waals surface area contributed by atoms with E-state index in [-0.39, 0.29) is 12.4 Å². The van der Waals surface area contributed by atoms with Gasteiger partial charge < -0.3 is 18.7 Å². The highest BCUT2D eigenvalue weighted by Crippen LogP contribution is 2.24. The molecule has 6 heteroatoms. The molecular formula is C27H46NO5+. The fraction of sp³-hybridized carbons (Fsp3) is 0.704. The lowest BCUT2D eigenvalue weighted by molar-refractivity contribution is -0.873. The molecule has 1 heterocycles. The average molecular weight is 465 g/mol. The van der Waals surface area contributed by atoms with Gasteiger partial charge in [-0.05, 0) is 56.7 Å². The standard InChI is InChI=1S/C27H45NO5/c1-7-16-24-21(2)22(3)25(33-24)17-14-12-10-8-9-11-13-15-18-27(31)32-23(19-26(29)30)20-28(4,5)6/h14,17,23H,7-13,15-16,18-20H2,1-6H3/p+1/b17-14+. The molecule has 1 rings (SSSR count). The number of ether oxygens (including phenoxy) is 1. The van der Waals surface area contributed by atoms with Crippen LogP contribution in [-0.4, -0.2) is 55.3 Å². The summed E-state index contributed by atoms with van der Waals surface area (Å²) in [4.78, 5) is 23.1. The molecule has 188 valence electrons. The van der Waals surface area contributed by atoms with Crippen LogP contribution in [0.25, 0.3) is 6.08 Å². The van der Waals surface area contributed by atoms with E-state index in [1.54, 1.807) is 0 Å². The summed E-state index contributed by atoms with van der Waals surface area (Å²) in [6.07, 6.45) is 13.5. The topological polar surface area (TPSA) is 76.7 Å². The molecule has 1 unspecified atom stereocenters. The quantitative estimate of drug-likeness (QED) is 0.172. The molecule has 1 N–H and O–H groups in total. The summed E-state index contributed by atoms with van der Waals surface area (Å²) in [6, 6.07) is 0. The van der Waals surface area contributed by atoms with Gasteiger partial charge in [0, 0.05) is 12.8 Å². The van der Waals surface area contributed by atoms with Crippen LogP contribution >= 0.6 is 0 Å². The van der Waals surface area contributed by atoms with Crippen LogP contribution < -0.4 is 0 Å². The van der Waals surface area contributed by atoms with Crippen molar-refractivity contribution in [3.63, 3.8) is 0 Å². The Labute approximate surface area is 200 Å². The summed E-state index contributed by atoms with van der Waals surface area (Å²) in [5.74, 6) is 0.885. The Bertz CT molecular complexity index is 757. The van der Waals surface area contributed by atoms with Gasteiger partial charge in [0.15, 0.2) is 6.10 Å². The number of unbranched alkanes of at least 4 members (excludes halogenated alkanes) is 6. The number of hydrogen-bond acceptors (Lipinski definition) is 4. The van der Waals surface area contributed by atoms with E-state index < -0.39 is 12.1 Å². The highest BCUT2D eigenvalue weighted by Gasteiger charge is 2.24. The number of carboxylic acids is 1. The van der Waals surface area contributed by atoms with Gasteiger partial charge in [-0.3, -0.25) is 9.59 Å². The third kappa shape index (κ3) is 12.7. The molecule has 0 radical (unpaired) electrons. The molecule has 0 spiro atoms. The number of nitrogens with zero attached hydrogens (tertiary/aromatic N) is 1. The minimum atomic E-state index is -0.938. The maximum atomic E-state index is 12.1. The summed E-state index contributed by atoms with van der Waals surface area (Å²) in [7, 11) is 5.88. The molecule has 1 aromatic heterocycles. The van der Waals surface area contributed by atoms with Crippen molar-refractivity contribution < 1.29 is 28.3 Å². The molecule has 0 aliphatic rings. The second-order valence-electron chi connectivity index (χ2n) is 10.1. The molecule has 1 aromatic rings. The highest BCUT2D eigenvalue weighted by atomic mass is 16.5. The van der Waals surface area contributed by atoms with Crippen molar-refractivity contribution in [3.05, 3.63) is 28.7 Å². The van der Waals surface area contributed by atoms with Crippen LogP contribution in [-0.2, 0) is 20.7 Å². The Balaban J connectivity index is 2.17. The predicted molar refractivity (Wildman–Crippen MR) is 133 cm³/mol. The Morgan fingerprint density at radius 3 is 2.27 bits per heavy atom. The van der Waals surface area contributed by atoms with Crippen LogP contribution in [0.4, 0.5) is 0 Å². The van der Waals surface area contributed by atoms with Crippen molar-refractivity contribution in [3.8, 4) is 0 Å². The molecule has 0 fully saturated rings. The van der Waals surface area contributed by atoms with Crippen molar-refractivity contribution >= 4 is 18.0 Å². The highest BCUT2D eigenvalue weighted by molar-refractivity contribution is 5.71. The normalized spacial score (nSPS) is 12.9. The molecule has 0 aliphatic heterocycles. The molecule has 0 aromatic carbocycles. The second-order valence-corrected chi connectivity index (χ2v) is 10.1. The summed E-state index contributed by atoms with van der Waals surface area (Å²) < 4.78 is 12.0. The van der Waals surface area contributed by atoms with Crippen molar-refractivity contribution in [1.29, 1.82) is 0 Å². The van der Waals surface area contributed by atoms with Crippen LogP contribution in [0.5, 0.6) is 0 Å². The van der Waals surface area contributed by atoms with Gasteiger partial charge in [-0.25, -0.2) is 0 Å². The summed E-state index contributed by atoms with van der Waals surface area (Å²) >= 11 is 0. The number of carboxylic acid groups (broad SMARTS) is 1. The van der Waals surface area contributed by atoms with Crippen LogP contribution in [0.1, 0.15) is 93.8 Å².